The van der Waals surface area contributed by atoms with E-state index in [-0.39, 0.29) is 12.1 Å². The minimum atomic E-state index is -0.154. The van der Waals surface area contributed by atoms with E-state index in [4.69, 9.17) is 0 Å². The van der Waals surface area contributed by atoms with Crippen LogP contribution in [-0.4, -0.2) is 56.8 Å². The zero-order valence-electron chi connectivity index (χ0n) is 13.5. The van der Waals surface area contributed by atoms with E-state index in [2.05, 4.69) is 37.9 Å². The highest BCUT2D eigenvalue weighted by Gasteiger charge is 2.23. The summed E-state index contributed by atoms with van der Waals surface area (Å²) in [5, 5.41) is 13.0. The van der Waals surface area contributed by atoms with Crippen molar-refractivity contribution < 1.29 is 4.79 Å². The second kappa shape index (κ2) is 7.10. The van der Waals surface area contributed by atoms with E-state index in [1.54, 1.807) is 17.7 Å². The number of nitrogens with one attached hydrogen (secondary N) is 1. The van der Waals surface area contributed by atoms with Crippen molar-refractivity contribution in [3.05, 3.63) is 34.5 Å². The molecular formula is C15H22N6OS. The summed E-state index contributed by atoms with van der Waals surface area (Å²) >= 11 is 1.78. The van der Waals surface area contributed by atoms with Crippen LogP contribution in [-0.2, 0) is 13.6 Å². The fourth-order valence-electron chi connectivity index (χ4n) is 2.76. The van der Waals surface area contributed by atoms with Crippen LogP contribution in [0.3, 0.4) is 0 Å². The van der Waals surface area contributed by atoms with Gasteiger partial charge in [-0.05, 0) is 18.4 Å². The van der Waals surface area contributed by atoms with Crippen LogP contribution in [0.1, 0.15) is 23.7 Å². The lowest BCUT2D eigenvalue weighted by atomic mass is 10.3. The van der Waals surface area contributed by atoms with Gasteiger partial charge < -0.3 is 14.8 Å². The number of thiophene rings is 1. The molecule has 1 atom stereocenters. The number of piperazine rings is 1. The minimum Gasteiger partial charge on any atom is -0.328 e. The third-order valence-corrected chi connectivity index (χ3v) is 4.95. The highest BCUT2D eigenvalue weighted by molar-refractivity contribution is 7.09. The molecule has 1 aliphatic heterocycles. The maximum Gasteiger partial charge on any atom is 0.318 e. The average Bonchev–Trinajstić information content (AvgIpc) is 3.19. The first-order valence-electron chi connectivity index (χ1n) is 7.77. The molecule has 2 aromatic rings. The fraction of sp³-hybridized carbons (Fsp3) is 0.533. The lowest BCUT2D eigenvalue weighted by molar-refractivity contribution is 0.134. The Kier molecular flexibility index (Phi) is 4.92. The Balaban J connectivity index is 1.47. The van der Waals surface area contributed by atoms with Crippen molar-refractivity contribution in [1.82, 2.24) is 29.9 Å². The van der Waals surface area contributed by atoms with Gasteiger partial charge in [0.1, 0.15) is 6.33 Å². The van der Waals surface area contributed by atoms with Crippen LogP contribution in [0.25, 0.3) is 0 Å². The molecule has 0 aromatic carbocycles. The number of urea groups is 1. The number of hydrogen-bond donors (Lipinski definition) is 1. The smallest absolute Gasteiger partial charge is 0.318 e. The van der Waals surface area contributed by atoms with Crippen molar-refractivity contribution in [3.63, 3.8) is 0 Å². The van der Waals surface area contributed by atoms with Crippen LogP contribution in [0.15, 0.2) is 23.8 Å². The number of aryl methyl sites for hydroxylation is 1. The predicted octanol–water partition coefficient (Wildman–Crippen LogP) is 1.46. The molecule has 7 nitrogen and oxygen atoms in total. The molecule has 124 valence electrons. The van der Waals surface area contributed by atoms with Gasteiger partial charge in [-0.3, -0.25) is 4.90 Å². The van der Waals surface area contributed by atoms with Gasteiger partial charge in [0.2, 0.25) is 0 Å². The van der Waals surface area contributed by atoms with Crippen LogP contribution in [0.5, 0.6) is 0 Å². The number of rotatable bonds is 4. The second-order valence-corrected chi connectivity index (χ2v) is 6.85. The molecule has 8 heteroatoms. The van der Waals surface area contributed by atoms with Gasteiger partial charge in [0, 0.05) is 44.6 Å². The molecule has 3 rings (SSSR count). The highest BCUT2D eigenvalue weighted by Crippen LogP contribution is 2.14. The summed E-state index contributed by atoms with van der Waals surface area (Å²) in [6, 6.07) is 4.06. The second-order valence-electron chi connectivity index (χ2n) is 5.81. The maximum absolute atomic E-state index is 12.4. The molecule has 0 radical (unpaired) electrons. The van der Waals surface area contributed by atoms with Gasteiger partial charge in [-0.15, -0.1) is 21.5 Å². The Morgan fingerprint density at radius 1 is 1.39 bits per heavy atom. The molecule has 0 spiro atoms. The Bertz CT molecular complexity index is 632. The molecule has 0 bridgehead atoms. The average molecular weight is 334 g/mol. The molecule has 3 heterocycles. The summed E-state index contributed by atoms with van der Waals surface area (Å²) in [5.74, 6) is 0.759. The van der Waals surface area contributed by atoms with Crippen molar-refractivity contribution in [2.45, 2.75) is 19.5 Å². The predicted molar refractivity (Wildman–Crippen MR) is 89.1 cm³/mol. The van der Waals surface area contributed by atoms with Crippen molar-refractivity contribution in [2.24, 2.45) is 7.05 Å². The van der Waals surface area contributed by atoms with E-state index < -0.39 is 0 Å². The topological polar surface area (TPSA) is 66.3 Å². The molecule has 0 aliphatic carbocycles. The molecule has 1 aliphatic rings. The summed E-state index contributed by atoms with van der Waals surface area (Å²) in [4.78, 5) is 18.0. The Morgan fingerprint density at radius 2 is 2.17 bits per heavy atom. The van der Waals surface area contributed by atoms with E-state index in [0.29, 0.717) is 0 Å². The monoisotopic (exact) mass is 334 g/mol. The number of amides is 2. The minimum absolute atomic E-state index is 0.0312. The molecule has 23 heavy (non-hydrogen) atoms. The summed E-state index contributed by atoms with van der Waals surface area (Å²) < 4.78 is 1.82. The SMILES string of the molecule is CC(NC(=O)N1CCN(Cc2cccs2)CC1)c1nncn1C. The van der Waals surface area contributed by atoms with Gasteiger partial charge in [-0.1, -0.05) is 6.07 Å². The highest BCUT2D eigenvalue weighted by atomic mass is 32.1. The van der Waals surface area contributed by atoms with E-state index in [1.165, 1.54) is 4.88 Å². The third kappa shape index (κ3) is 3.89. The van der Waals surface area contributed by atoms with Crippen molar-refractivity contribution >= 4 is 17.4 Å². The number of carbonyl (C=O) groups is 1. The molecule has 2 amide bonds. The van der Waals surface area contributed by atoms with Crippen molar-refractivity contribution in [1.29, 1.82) is 0 Å². The first kappa shape index (κ1) is 15.9. The van der Waals surface area contributed by atoms with Crippen LogP contribution >= 0.6 is 11.3 Å². The first-order valence-corrected chi connectivity index (χ1v) is 8.65. The van der Waals surface area contributed by atoms with Crippen LogP contribution < -0.4 is 5.32 Å². The molecule has 1 saturated heterocycles. The van der Waals surface area contributed by atoms with Crippen LogP contribution in [0, 0.1) is 0 Å². The number of hydrogen-bond acceptors (Lipinski definition) is 5. The third-order valence-electron chi connectivity index (χ3n) is 4.09. The zero-order valence-corrected chi connectivity index (χ0v) is 14.3. The maximum atomic E-state index is 12.4. The first-order chi connectivity index (χ1) is 11.1. The number of carbonyl (C=O) groups excluding carboxylic acids is 1. The van der Waals surface area contributed by atoms with Gasteiger partial charge in [-0.2, -0.15) is 0 Å². The number of nitrogens with zero attached hydrogens (tertiary/aromatic N) is 5. The normalized spacial score (nSPS) is 17.2. The standard InChI is InChI=1S/C15H22N6OS/c1-12(14-18-16-11-19(14)2)17-15(22)21-7-5-20(6-8-21)10-13-4-3-9-23-13/h3-4,9,11-12H,5-8,10H2,1-2H3,(H,17,22). The Hall–Kier alpha value is -1.93. The molecule has 1 fully saturated rings. The van der Waals surface area contributed by atoms with Gasteiger partial charge in [-0.25, -0.2) is 4.79 Å². The van der Waals surface area contributed by atoms with Crippen LogP contribution in [0.2, 0.25) is 0 Å². The summed E-state index contributed by atoms with van der Waals surface area (Å²) in [5.41, 5.74) is 0. The summed E-state index contributed by atoms with van der Waals surface area (Å²) in [6.07, 6.45) is 1.64. The van der Waals surface area contributed by atoms with E-state index in [0.717, 1.165) is 38.5 Å². The van der Waals surface area contributed by atoms with Gasteiger partial charge >= 0.3 is 6.03 Å². The molecule has 1 unspecified atom stereocenters. The van der Waals surface area contributed by atoms with E-state index in [1.807, 2.05) is 23.4 Å². The Morgan fingerprint density at radius 3 is 2.78 bits per heavy atom. The largest absolute Gasteiger partial charge is 0.328 e. The van der Waals surface area contributed by atoms with Gasteiger partial charge in [0.25, 0.3) is 0 Å². The summed E-state index contributed by atoms with van der Waals surface area (Å²) in [6.45, 7) is 6.22. The fourth-order valence-corrected chi connectivity index (χ4v) is 3.50. The quantitative estimate of drug-likeness (QED) is 0.919. The van der Waals surface area contributed by atoms with Crippen molar-refractivity contribution in [3.8, 4) is 0 Å². The van der Waals surface area contributed by atoms with Gasteiger partial charge in [0.05, 0.1) is 6.04 Å². The molecular weight excluding hydrogens is 312 g/mol. The van der Waals surface area contributed by atoms with Crippen molar-refractivity contribution in [2.75, 3.05) is 26.2 Å². The molecule has 2 aromatic heterocycles. The lowest BCUT2D eigenvalue weighted by Gasteiger charge is -2.35. The zero-order chi connectivity index (χ0) is 16.2. The molecule has 1 N–H and O–H groups in total. The van der Waals surface area contributed by atoms with E-state index >= 15 is 0 Å². The number of aromatic nitrogens is 3. The van der Waals surface area contributed by atoms with Gasteiger partial charge in [0.15, 0.2) is 5.82 Å². The van der Waals surface area contributed by atoms with E-state index in [9.17, 15) is 4.79 Å². The lowest BCUT2D eigenvalue weighted by Crippen LogP contribution is -2.51. The Labute approximate surface area is 139 Å². The summed E-state index contributed by atoms with van der Waals surface area (Å²) in [7, 11) is 1.88. The van der Waals surface area contributed by atoms with Crippen LogP contribution in [0.4, 0.5) is 4.79 Å². The molecule has 0 saturated carbocycles.